The fraction of sp³-hybridized carbons (Fsp3) is 0.250. The molecule has 0 saturated heterocycles. The Kier molecular flexibility index (Phi) is 5.35. The summed E-state index contributed by atoms with van der Waals surface area (Å²) in [7, 11) is -4.13. The Labute approximate surface area is 134 Å². The van der Waals surface area contributed by atoms with E-state index >= 15 is 0 Å². The maximum atomic E-state index is 13.2. The van der Waals surface area contributed by atoms with Crippen molar-refractivity contribution in [2.24, 2.45) is 0 Å². The summed E-state index contributed by atoms with van der Waals surface area (Å²) in [5.74, 6) is -0.497. The van der Waals surface area contributed by atoms with Gasteiger partial charge in [-0.3, -0.25) is 0 Å². The van der Waals surface area contributed by atoms with Crippen molar-refractivity contribution in [1.29, 1.82) is 0 Å². The van der Waals surface area contributed by atoms with Crippen molar-refractivity contribution >= 4 is 10.1 Å². The fourth-order valence-electron chi connectivity index (χ4n) is 1.76. The number of ether oxygens (including phenoxy) is 1. The van der Waals surface area contributed by atoms with Gasteiger partial charge in [0.15, 0.2) is 0 Å². The second-order valence-electron chi connectivity index (χ2n) is 5.05. The van der Waals surface area contributed by atoms with E-state index < -0.39 is 28.3 Å². The molecule has 2 rings (SSSR count). The molecule has 5 nitrogen and oxygen atoms in total. The van der Waals surface area contributed by atoms with Gasteiger partial charge in [0.1, 0.15) is 17.7 Å². The average Bonchev–Trinajstić information content (AvgIpc) is 2.46. The van der Waals surface area contributed by atoms with Gasteiger partial charge in [0.05, 0.1) is 4.90 Å². The van der Waals surface area contributed by atoms with Crippen LogP contribution in [0.15, 0.2) is 53.4 Å². The molecule has 0 saturated carbocycles. The van der Waals surface area contributed by atoms with Gasteiger partial charge in [-0.25, -0.2) is 8.57 Å². The van der Waals surface area contributed by atoms with Gasteiger partial charge >= 0.3 is 0 Å². The summed E-state index contributed by atoms with van der Waals surface area (Å²) in [4.78, 5) is -0.0587. The first-order valence-electron chi connectivity index (χ1n) is 6.88. The Morgan fingerprint density at radius 3 is 2.35 bits per heavy atom. The van der Waals surface area contributed by atoms with E-state index in [4.69, 9.17) is 8.92 Å². The molecule has 23 heavy (non-hydrogen) atoms. The molecule has 0 heterocycles. The van der Waals surface area contributed by atoms with Crippen LogP contribution in [0.3, 0.4) is 0 Å². The highest BCUT2D eigenvalue weighted by atomic mass is 32.2. The summed E-state index contributed by atoms with van der Waals surface area (Å²) in [5, 5.41) is 9.69. The third kappa shape index (κ3) is 4.75. The lowest BCUT2D eigenvalue weighted by molar-refractivity contribution is -0.0742. The van der Waals surface area contributed by atoms with Crippen LogP contribution in [-0.4, -0.2) is 25.9 Å². The minimum Gasteiger partial charge on any atom is -0.461 e. The summed E-state index contributed by atoms with van der Waals surface area (Å²) in [5.41, 5.74) is 0.895. The van der Waals surface area contributed by atoms with Gasteiger partial charge in [-0.15, -0.1) is 0 Å². The molecule has 2 aromatic rings. The van der Waals surface area contributed by atoms with Gasteiger partial charge in [-0.1, -0.05) is 23.8 Å². The standard InChI is InChI=1S/C16H17FO5S/c1-11-6-8-15(9-7-11)23(19,20)22-16(12(2)18)21-14-5-3-4-13(17)10-14/h3-10,12,16,18H,1-2H3/t12-,16?/m0/s1. The van der Waals surface area contributed by atoms with Crippen molar-refractivity contribution in [2.45, 2.75) is 31.1 Å². The normalized spacial score (nSPS) is 14.3. The number of aliphatic hydroxyl groups excluding tert-OH is 1. The predicted molar refractivity (Wildman–Crippen MR) is 81.9 cm³/mol. The molecule has 2 atom stereocenters. The molecule has 0 aliphatic carbocycles. The van der Waals surface area contributed by atoms with Crippen molar-refractivity contribution in [3.8, 4) is 5.75 Å². The van der Waals surface area contributed by atoms with E-state index in [9.17, 15) is 17.9 Å². The molecular formula is C16H17FO5S. The molecule has 0 aromatic heterocycles. The SMILES string of the molecule is Cc1ccc(S(=O)(=O)OC(Oc2cccc(F)c2)[C@H](C)O)cc1. The summed E-state index contributed by atoms with van der Waals surface area (Å²) in [6.45, 7) is 3.14. The van der Waals surface area contributed by atoms with Crippen LogP contribution in [-0.2, 0) is 14.3 Å². The first-order valence-corrected chi connectivity index (χ1v) is 8.29. The molecule has 0 bridgehead atoms. The summed E-state index contributed by atoms with van der Waals surface area (Å²) >= 11 is 0. The third-order valence-electron chi connectivity index (χ3n) is 2.97. The number of benzene rings is 2. The van der Waals surface area contributed by atoms with Crippen molar-refractivity contribution in [2.75, 3.05) is 0 Å². The lowest BCUT2D eigenvalue weighted by atomic mass is 10.2. The van der Waals surface area contributed by atoms with Gasteiger partial charge < -0.3 is 9.84 Å². The maximum Gasteiger partial charge on any atom is 0.300 e. The highest BCUT2D eigenvalue weighted by Gasteiger charge is 2.27. The number of hydrogen-bond donors (Lipinski definition) is 1. The Morgan fingerprint density at radius 2 is 1.78 bits per heavy atom. The van der Waals surface area contributed by atoms with Gasteiger partial charge in [0, 0.05) is 6.07 Å². The first kappa shape index (κ1) is 17.4. The smallest absolute Gasteiger partial charge is 0.300 e. The summed E-state index contributed by atoms with van der Waals surface area (Å²) in [6, 6.07) is 11.2. The van der Waals surface area contributed by atoms with Crippen LogP contribution >= 0.6 is 0 Å². The van der Waals surface area contributed by atoms with Crippen molar-refractivity contribution < 1.29 is 26.8 Å². The monoisotopic (exact) mass is 340 g/mol. The van der Waals surface area contributed by atoms with Gasteiger partial charge in [0.25, 0.3) is 10.1 Å². The predicted octanol–water partition coefficient (Wildman–Crippen LogP) is 2.63. The van der Waals surface area contributed by atoms with E-state index in [1.165, 1.54) is 37.3 Å². The average molecular weight is 340 g/mol. The summed E-state index contributed by atoms with van der Waals surface area (Å²) < 4.78 is 47.8. The van der Waals surface area contributed by atoms with Gasteiger partial charge in [-0.05, 0) is 38.1 Å². The first-order chi connectivity index (χ1) is 10.8. The van der Waals surface area contributed by atoms with Crippen LogP contribution in [0.5, 0.6) is 5.75 Å². The largest absolute Gasteiger partial charge is 0.461 e. The van der Waals surface area contributed by atoms with Crippen LogP contribution in [0.25, 0.3) is 0 Å². The fourth-order valence-corrected chi connectivity index (χ4v) is 2.79. The number of halogens is 1. The minimum atomic E-state index is -4.13. The van der Waals surface area contributed by atoms with E-state index in [1.807, 2.05) is 6.92 Å². The Balaban J connectivity index is 2.20. The third-order valence-corrected chi connectivity index (χ3v) is 4.27. The Hall–Kier alpha value is -1.96. The second-order valence-corrected chi connectivity index (χ2v) is 6.62. The zero-order chi connectivity index (χ0) is 17.0. The molecule has 0 amide bonds. The van der Waals surface area contributed by atoms with Crippen LogP contribution in [0.4, 0.5) is 4.39 Å². The number of hydrogen-bond acceptors (Lipinski definition) is 5. The van der Waals surface area contributed by atoms with Crippen molar-refractivity contribution in [1.82, 2.24) is 0 Å². The highest BCUT2D eigenvalue weighted by molar-refractivity contribution is 7.86. The maximum absolute atomic E-state index is 13.2. The molecule has 124 valence electrons. The molecule has 2 aromatic carbocycles. The van der Waals surface area contributed by atoms with E-state index in [0.717, 1.165) is 11.6 Å². The minimum absolute atomic E-state index is 0.0509. The lowest BCUT2D eigenvalue weighted by Gasteiger charge is -2.21. The molecule has 0 aliphatic heterocycles. The van der Waals surface area contributed by atoms with Crippen LogP contribution < -0.4 is 4.74 Å². The van der Waals surface area contributed by atoms with Crippen molar-refractivity contribution in [3.63, 3.8) is 0 Å². The summed E-state index contributed by atoms with van der Waals surface area (Å²) in [6.07, 6.45) is -2.75. The van der Waals surface area contributed by atoms with Gasteiger partial charge in [0.2, 0.25) is 6.29 Å². The zero-order valence-electron chi connectivity index (χ0n) is 12.6. The Morgan fingerprint density at radius 1 is 1.13 bits per heavy atom. The quantitative estimate of drug-likeness (QED) is 0.646. The van der Waals surface area contributed by atoms with E-state index in [2.05, 4.69) is 0 Å². The molecular weight excluding hydrogens is 323 g/mol. The molecule has 0 aliphatic rings. The number of aliphatic hydroxyl groups is 1. The second kappa shape index (κ2) is 7.08. The topological polar surface area (TPSA) is 72.8 Å². The van der Waals surface area contributed by atoms with Gasteiger partial charge in [-0.2, -0.15) is 8.42 Å². The van der Waals surface area contributed by atoms with E-state index in [-0.39, 0.29) is 10.6 Å². The number of aryl methyl sites for hydroxylation is 1. The van der Waals surface area contributed by atoms with Crippen molar-refractivity contribution in [3.05, 3.63) is 59.9 Å². The molecule has 0 spiro atoms. The number of rotatable bonds is 6. The molecule has 7 heteroatoms. The zero-order valence-corrected chi connectivity index (χ0v) is 13.5. The highest BCUT2D eigenvalue weighted by Crippen LogP contribution is 2.20. The van der Waals surface area contributed by atoms with E-state index in [0.29, 0.717) is 0 Å². The molecule has 0 radical (unpaired) electrons. The van der Waals surface area contributed by atoms with Crippen LogP contribution in [0.1, 0.15) is 12.5 Å². The Bertz CT molecular complexity index is 756. The molecule has 0 fully saturated rings. The van der Waals surface area contributed by atoms with E-state index in [1.54, 1.807) is 12.1 Å². The molecule has 1 N–H and O–H groups in total. The van der Waals surface area contributed by atoms with Crippen LogP contribution in [0.2, 0.25) is 0 Å². The molecule has 1 unspecified atom stereocenters. The van der Waals surface area contributed by atoms with Crippen LogP contribution in [0, 0.1) is 12.7 Å². The lowest BCUT2D eigenvalue weighted by Crippen LogP contribution is -2.34.